The number of carbonyl (C=O) groups is 1. The number of β-amino-alcohol motifs (C(OH)–C–C–N with tert-alkyl or cyclic N) is 1. The lowest BCUT2D eigenvalue weighted by molar-refractivity contribution is -0.129. The number of hydrogen-bond donors (Lipinski definition) is 1. The lowest BCUT2D eigenvalue weighted by Gasteiger charge is -2.24. The van der Waals surface area contributed by atoms with Gasteiger partial charge in [-0.3, -0.25) is 4.79 Å². The molecule has 2 aliphatic rings. The first-order valence-corrected chi connectivity index (χ1v) is 10.9. The molecule has 1 fully saturated rings. The van der Waals surface area contributed by atoms with Crippen LogP contribution in [-0.4, -0.2) is 53.2 Å². The Labute approximate surface area is 187 Å². The third kappa shape index (κ3) is 3.48. The molecule has 8 heteroatoms. The lowest BCUT2D eigenvalue weighted by Crippen LogP contribution is -2.30. The summed E-state index contributed by atoms with van der Waals surface area (Å²) in [5.74, 6) is 1.84. The average molecular weight is 429 g/mol. The molecule has 1 saturated heterocycles. The summed E-state index contributed by atoms with van der Waals surface area (Å²) in [4.78, 5) is 18.8. The van der Waals surface area contributed by atoms with Gasteiger partial charge in [0.05, 0.1) is 18.8 Å². The van der Waals surface area contributed by atoms with Gasteiger partial charge in [0.15, 0.2) is 0 Å². The van der Waals surface area contributed by atoms with Gasteiger partial charge in [0, 0.05) is 24.1 Å². The SMILES string of the molecule is [B]c1cc(-c2nc(-c3cccc4c3C[C@H]3CC(=O)N(CCO)[C@@H]43)no2)ccc1OC(C)C. The van der Waals surface area contributed by atoms with E-state index in [1.54, 1.807) is 11.0 Å². The van der Waals surface area contributed by atoms with Crippen molar-refractivity contribution in [3.8, 4) is 28.6 Å². The predicted octanol–water partition coefficient (Wildman–Crippen LogP) is 2.42. The van der Waals surface area contributed by atoms with E-state index in [0.29, 0.717) is 35.9 Å². The first-order chi connectivity index (χ1) is 15.5. The third-order valence-electron chi connectivity index (χ3n) is 6.16. The minimum absolute atomic E-state index is 0.00395. The molecule has 7 nitrogen and oxygen atoms in total. The molecule has 2 heterocycles. The fourth-order valence-corrected chi connectivity index (χ4v) is 4.91. The van der Waals surface area contributed by atoms with Crippen molar-refractivity contribution in [3.05, 3.63) is 47.5 Å². The molecular weight excluding hydrogens is 405 g/mol. The zero-order valence-corrected chi connectivity index (χ0v) is 18.1. The first-order valence-electron chi connectivity index (χ1n) is 10.9. The Bertz CT molecular complexity index is 1180. The number of rotatable bonds is 6. The third-order valence-corrected chi connectivity index (χ3v) is 6.16. The van der Waals surface area contributed by atoms with Gasteiger partial charge in [0.1, 0.15) is 13.6 Å². The van der Waals surface area contributed by atoms with Gasteiger partial charge in [0.2, 0.25) is 11.7 Å². The van der Waals surface area contributed by atoms with E-state index in [2.05, 4.69) is 16.2 Å². The van der Waals surface area contributed by atoms with Crippen LogP contribution < -0.4 is 10.2 Å². The van der Waals surface area contributed by atoms with Crippen molar-refractivity contribution in [1.29, 1.82) is 0 Å². The van der Waals surface area contributed by atoms with Crippen molar-refractivity contribution in [3.63, 3.8) is 0 Å². The van der Waals surface area contributed by atoms with E-state index < -0.39 is 0 Å². The van der Waals surface area contributed by atoms with Crippen molar-refractivity contribution in [2.45, 2.75) is 38.8 Å². The zero-order valence-electron chi connectivity index (χ0n) is 18.1. The van der Waals surface area contributed by atoms with Crippen LogP contribution in [0.15, 0.2) is 40.9 Å². The van der Waals surface area contributed by atoms with Crippen LogP contribution in [-0.2, 0) is 11.2 Å². The van der Waals surface area contributed by atoms with Crippen LogP contribution >= 0.6 is 0 Å². The van der Waals surface area contributed by atoms with Crippen molar-refractivity contribution >= 4 is 19.2 Å². The van der Waals surface area contributed by atoms with Crippen LogP contribution in [0.1, 0.15) is 37.4 Å². The molecule has 3 aromatic rings. The molecule has 0 spiro atoms. The molecule has 2 atom stereocenters. The van der Waals surface area contributed by atoms with Crippen molar-refractivity contribution < 1.29 is 19.2 Å². The van der Waals surface area contributed by atoms with Crippen molar-refractivity contribution in [1.82, 2.24) is 15.0 Å². The molecule has 1 aromatic heterocycles. The van der Waals surface area contributed by atoms with Gasteiger partial charge < -0.3 is 19.3 Å². The van der Waals surface area contributed by atoms with Crippen LogP contribution in [0.3, 0.4) is 0 Å². The summed E-state index contributed by atoms with van der Waals surface area (Å²) in [6, 6.07) is 11.4. The quantitative estimate of drug-likeness (QED) is 0.606. The summed E-state index contributed by atoms with van der Waals surface area (Å²) in [5, 5.41) is 13.6. The Balaban J connectivity index is 1.46. The van der Waals surface area contributed by atoms with Gasteiger partial charge in [-0.1, -0.05) is 34.9 Å². The summed E-state index contributed by atoms with van der Waals surface area (Å²) in [7, 11) is 6.14. The molecule has 1 amide bonds. The van der Waals surface area contributed by atoms with Gasteiger partial charge >= 0.3 is 0 Å². The monoisotopic (exact) mass is 429 g/mol. The second-order valence-corrected chi connectivity index (χ2v) is 8.64. The molecule has 1 N–H and O–H groups in total. The molecule has 0 saturated carbocycles. The molecule has 0 unspecified atom stereocenters. The number of aliphatic hydroxyl groups excluding tert-OH is 1. The number of amides is 1. The average Bonchev–Trinajstić information content (AvgIpc) is 3.44. The molecular formula is C24H24BN3O4. The normalized spacial score (nSPS) is 19.5. The van der Waals surface area contributed by atoms with Crippen LogP contribution in [0.4, 0.5) is 0 Å². The highest BCUT2D eigenvalue weighted by Gasteiger charge is 2.46. The minimum Gasteiger partial charge on any atom is -0.492 e. The van der Waals surface area contributed by atoms with Gasteiger partial charge in [-0.25, -0.2) is 0 Å². The number of hydrogen-bond acceptors (Lipinski definition) is 6. The topological polar surface area (TPSA) is 88.7 Å². The highest BCUT2D eigenvalue weighted by atomic mass is 16.5. The molecule has 1 aliphatic carbocycles. The molecule has 1 aliphatic heterocycles. The van der Waals surface area contributed by atoms with Crippen LogP contribution in [0.25, 0.3) is 22.8 Å². The van der Waals surface area contributed by atoms with Gasteiger partial charge in [-0.2, -0.15) is 4.98 Å². The lowest BCUT2D eigenvalue weighted by atomic mass is 9.93. The standard InChI is InChI=1S/C24H24BN3O4/c1-13(2)31-20-7-6-14(11-19(20)25)24-26-23(27-32-24)17-5-3-4-16-18(17)10-15-12-21(30)28(8-9-29)22(15)16/h3-7,11,13,15,22,29H,8-10,12H2,1-2H3/t15-,22+/m0/s1. The van der Waals surface area contributed by atoms with E-state index in [9.17, 15) is 9.90 Å². The Morgan fingerprint density at radius 3 is 2.88 bits per heavy atom. The van der Waals surface area contributed by atoms with E-state index in [1.807, 2.05) is 38.1 Å². The number of benzene rings is 2. The fraction of sp³-hybridized carbons (Fsp3) is 0.375. The van der Waals surface area contributed by atoms with Gasteiger partial charge in [0.25, 0.3) is 5.89 Å². The number of fused-ring (bicyclic) bond motifs is 3. The molecule has 0 bridgehead atoms. The number of carbonyl (C=O) groups excluding carboxylic acids is 1. The van der Waals surface area contributed by atoms with Crippen LogP contribution in [0, 0.1) is 5.92 Å². The highest BCUT2D eigenvalue weighted by Crippen LogP contribution is 2.49. The Kier molecular flexibility index (Phi) is 5.25. The predicted molar refractivity (Wildman–Crippen MR) is 120 cm³/mol. The Morgan fingerprint density at radius 2 is 2.12 bits per heavy atom. The maximum Gasteiger partial charge on any atom is 0.258 e. The maximum absolute atomic E-state index is 12.4. The highest BCUT2D eigenvalue weighted by molar-refractivity contribution is 6.34. The number of aliphatic hydroxyl groups is 1. The molecule has 5 rings (SSSR count). The molecule has 2 aromatic carbocycles. The Hall–Kier alpha value is -3.13. The second kappa shape index (κ2) is 8.09. The Morgan fingerprint density at radius 1 is 1.28 bits per heavy atom. The van der Waals surface area contributed by atoms with E-state index in [0.717, 1.165) is 28.7 Å². The number of nitrogens with zero attached hydrogens (tertiary/aromatic N) is 3. The van der Waals surface area contributed by atoms with Crippen LogP contribution in [0.5, 0.6) is 5.75 Å². The first kappa shape index (κ1) is 20.8. The summed E-state index contributed by atoms with van der Waals surface area (Å²) in [6.45, 7) is 4.21. The van der Waals surface area contributed by atoms with Crippen molar-refractivity contribution in [2.24, 2.45) is 5.92 Å². The van der Waals surface area contributed by atoms with E-state index in [1.165, 1.54) is 0 Å². The molecule has 162 valence electrons. The van der Waals surface area contributed by atoms with E-state index in [4.69, 9.17) is 17.1 Å². The number of ether oxygens (including phenoxy) is 1. The smallest absolute Gasteiger partial charge is 0.258 e. The summed E-state index contributed by atoms with van der Waals surface area (Å²) in [6.07, 6.45) is 1.31. The maximum atomic E-state index is 12.4. The molecule has 32 heavy (non-hydrogen) atoms. The second-order valence-electron chi connectivity index (χ2n) is 8.64. The summed E-state index contributed by atoms with van der Waals surface area (Å²) >= 11 is 0. The molecule has 2 radical (unpaired) electrons. The minimum atomic E-state index is -0.0394. The summed E-state index contributed by atoms with van der Waals surface area (Å²) in [5.41, 5.74) is 4.40. The van der Waals surface area contributed by atoms with Gasteiger partial charge in [-0.05, 0) is 49.4 Å². The van der Waals surface area contributed by atoms with E-state index in [-0.39, 0.29) is 30.6 Å². The number of aromatic nitrogens is 2. The zero-order chi connectivity index (χ0) is 22.4. The number of likely N-dealkylation sites (tertiary alicyclic amines) is 1. The van der Waals surface area contributed by atoms with Crippen molar-refractivity contribution in [2.75, 3.05) is 13.2 Å². The summed E-state index contributed by atoms with van der Waals surface area (Å²) < 4.78 is 11.3. The van der Waals surface area contributed by atoms with Gasteiger partial charge in [-0.15, -0.1) is 0 Å². The van der Waals surface area contributed by atoms with E-state index >= 15 is 0 Å². The largest absolute Gasteiger partial charge is 0.492 e. The van der Waals surface area contributed by atoms with Crippen LogP contribution in [0.2, 0.25) is 0 Å². The fourth-order valence-electron chi connectivity index (χ4n) is 4.91.